The van der Waals surface area contributed by atoms with Crippen LogP contribution in [0.15, 0.2) is 28.8 Å². The third-order valence-electron chi connectivity index (χ3n) is 5.72. The maximum atomic E-state index is 13.1. The molecule has 0 bridgehead atoms. The van der Waals surface area contributed by atoms with E-state index in [0.717, 1.165) is 49.8 Å². The van der Waals surface area contributed by atoms with Gasteiger partial charge < -0.3 is 14.2 Å². The quantitative estimate of drug-likeness (QED) is 0.712. The first-order chi connectivity index (χ1) is 14.0. The van der Waals surface area contributed by atoms with Crippen LogP contribution < -0.4 is 4.74 Å². The summed E-state index contributed by atoms with van der Waals surface area (Å²) >= 11 is 0. The van der Waals surface area contributed by atoms with Crippen LogP contribution in [0, 0.1) is 5.92 Å². The highest BCUT2D eigenvalue weighted by Crippen LogP contribution is 2.28. The van der Waals surface area contributed by atoms with Crippen molar-refractivity contribution in [2.24, 2.45) is 5.92 Å². The molecule has 4 rings (SSSR count). The van der Waals surface area contributed by atoms with E-state index in [4.69, 9.17) is 9.26 Å². The minimum absolute atomic E-state index is 0.0518. The van der Waals surface area contributed by atoms with Crippen LogP contribution in [0.4, 0.5) is 0 Å². The lowest BCUT2D eigenvalue weighted by Crippen LogP contribution is -2.42. The predicted molar refractivity (Wildman–Crippen MR) is 108 cm³/mol. The van der Waals surface area contributed by atoms with Gasteiger partial charge in [0.2, 0.25) is 5.76 Å². The number of carbonyl (C=O) groups excluding carboxylic acids is 2. The smallest absolute Gasteiger partial charge is 0.292 e. The van der Waals surface area contributed by atoms with Crippen molar-refractivity contribution < 1.29 is 18.8 Å². The predicted octanol–water partition coefficient (Wildman–Crippen LogP) is 4.08. The Morgan fingerprint density at radius 1 is 1.21 bits per heavy atom. The molecular weight excluding hydrogens is 368 g/mol. The molecule has 1 aromatic carbocycles. The van der Waals surface area contributed by atoms with Crippen molar-refractivity contribution >= 4 is 11.7 Å². The Bertz CT molecular complexity index is 902. The first kappa shape index (κ1) is 19.7. The van der Waals surface area contributed by atoms with Crippen LogP contribution in [0.5, 0.6) is 5.75 Å². The number of ether oxygens (including phenoxy) is 1. The van der Waals surface area contributed by atoms with Crippen molar-refractivity contribution in [3.8, 4) is 5.75 Å². The molecule has 29 heavy (non-hydrogen) atoms. The first-order valence-electron chi connectivity index (χ1n) is 10.6. The Morgan fingerprint density at radius 3 is 2.86 bits per heavy atom. The molecule has 0 radical (unpaired) electrons. The zero-order chi connectivity index (χ0) is 20.4. The zero-order valence-corrected chi connectivity index (χ0v) is 17.1. The highest BCUT2D eigenvalue weighted by atomic mass is 16.5. The number of hydrogen-bond acceptors (Lipinski definition) is 5. The second kappa shape index (κ2) is 8.39. The minimum Gasteiger partial charge on any atom is -0.491 e. The van der Waals surface area contributed by atoms with Gasteiger partial charge in [-0.15, -0.1) is 0 Å². The monoisotopic (exact) mass is 396 g/mol. The molecule has 2 aliphatic rings. The van der Waals surface area contributed by atoms with Crippen molar-refractivity contribution in [1.29, 1.82) is 0 Å². The molecular formula is C23H28N2O4. The molecule has 1 saturated heterocycles. The average molecular weight is 396 g/mol. The fourth-order valence-electron chi connectivity index (χ4n) is 4.31. The number of aryl methyl sites for hydroxylation is 1. The molecule has 2 aromatic rings. The normalized spacial score (nSPS) is 19.1. The van der Waals surface area contributed by atoms with Gasteiger partial charge in [0.15, 0.2) is 5.78 Å². The number of nitrogens with zero attached hydrogens (tertiary/aromatic N) is 2. The maximum Gasteiger partial charge on any atom is 0.292 e. The second-order valence-electron chi connectivity index (χ2n) is 8.29. The summed E-state index contributed by atoms with van der Waals surface area (Å²) in [5, 5.41) is 4.10. The summed E-state index contributed by atoms with van der Waals surface area (Å²) in [6, 6.07) is 7.33. The van der Waals surface area contributed by atoms with Gasteiger partial charge in [-0.2, -0.15) is 0 Å². The Morgan fingerprint density at radius 2 is 2.03 bits per heavy atom. The molecule has 0 unspecified atom stereocenters. The van der Waals surface area contributed by atoms with Crippen molar-refractivity contribution in [3.63, 3.8) is 0 Å². The van der Waals surface area contributed by atoms with Crippen molar-refractivity contribution in [3.05, 3.63) is 46.8 Å². The molecule has 6 heteroatoms. The van der Waals surface area contributed by atoms with Crippen LogP contribution in [0.25, 0.3) is 0 Å². The van der Waals surface area contributed by atoms with E-state index in [1.807, 2.05) is 32.0 Å². The number of rotatable bonds is 5. The van der Waals surface area contributed by atoms with Gasteiger partial charge in [0, 0.05) is 30.1 Å². The van der Waals surface area contributed by atoms with Crippen LogP contribution in [-0.4, -0.2) is 40.9 Å². The van der Waals surface area contributed by atoms with E-state index in [2.05, 4.69) is 5.16 Å². The summed E-state index contributed by atoms with van der Waals surface area (Å²) in [4.78, 5) is 27.9. The van der Waals surface area contributed by atoms with Gasteiger partial charge >= 0.3 is 0 Å². The van der Waals surface area contributed by atoms with Gasteiger partial charge in [-0.25, -0.2) is 0 Å². The fourth-order valence-corrected chi connectivity index (χ4v) is 4.31. The number of hydrogen-bond donors (Lipinski definition) is 0. The van der Waals surface area contributed by atoms with Crippen molar-refractivity contribution in [2.45, 2.75) is 58.5 Å². The van der Waals surface area contributed by atoms with E-state index >= 15 is 0 Å². The summed E-state index contributed by atoms with van der Waals surface area (Å²) in [7, 11) is 0. The summed E-state index contributed by atoms with van der Waals surface area (Å²) in [6.45, 7) is 4.99. The van der Waals surface area contributed by atoms with Crippen LogP contribution >= 0.6 is 0 Å². The second-order valence-corrected chi connectivity index (χ2v) is 8.29. The number of Topliss-reactive ketones (excluding diaryl/α,β-unsaturated/α-hetero) is 1. The highest BCUT2D eigenvalue weighted by molar-refractivity contribution is 5.99. The number of aromatic nitrogens is 1. The Labute approximate surface area is 171 Å². The molecule has 0 N–H and O–H groups in total. The minimum atomic E-state index is -0.208. The summed E-state index contributed by atoms with van der Waals surface area (Å²) in [5.41, 5.74) is 2.53. The topological polar surface area (TPSA) is 72.6 Å². The van der Waals surface area contributed by atoms with Gasteiger partial charge in [-0.3, -0.25) is 9.59 Å². The number of fused-ring (bicyclic) bond motifs is 1. The van der Waals surface area contributed by atoms with Crippen LogP contribution in [0.2, 0.25) is 0 Å². The number of piperidine rings is 1. The molecule has 0 spiro atoms. The largest absolute Gasteiger partial charge is 0.491 e. The van der Waals surface area contributed by atoms with Crippen molar-refractivity contribution in [2.75, 3.05) is 13.1 Å². The summed E-state index contributed by atoms with van der Waals surface area (Å²) < 4.78 is 11.1. The number of amides is 1. The third-order valence-corrected chi connectivity index (χ3v) is 5.72. The molecule has 1 amide bonds. The highest BCUT2D eigenvalue weighted by Gasteiger charge is 2.33. The molecule has 1 fully saturated rings. The number of ketones is 1. The van der Waals surface area contributed by atoms with Gasteiger partial charge in [-0.1, -0.05) is 17.3 Å². The van der Waals surface area contributed by atoms with E-state index < -0.39 is 0 Å². The van der Waals surface area contributed by atoms with Crippen LogP contribution in [0.1, 0.15) is 71.7 Å². The molecule has 0 saturated carbocycles. The Kier molecular flexibility index (Phi) is 5.69. The van der Waals surface area contributed by atoms with E-state index in [0.29, 0.717) is 30.2 Å². The molecule has 1 aromatic heterocycles. The van der Waals surface area contributed by atoms with Gasteiger partial charge in [0.25, 0.3) is 5.91 Å². The SMILES string of the molecule is CC(C)Oc1cccc(C(=O)[C@@H]2CCCN(C(=O)c3onc4c3CCCC4)C2)c1. The lowest BCUT2D eigenvalue weighted by molar-refractivity contribution is 0.0601. The van der Waals surface area contributed by atoms with E-state index in [-0.39, 0.29) is 23.7 Å². The van der Waals surface area contributed by atoms with Crippen LogP contribution in [0.3, 0.4) is 0 Å². The molecule has 154 valence electrons. The summed E-state index contributed by atoms with van der Waals surface area (Å²) in [6.07, 6.45) is 5.52. The van der Waals surface area contributed by atoms with Gasteiger partial charge in [-0.05, 0) is 64.5 Å². The Balaban J connectivity index is 1.47. The van der Waals surface area contributed by atoms with Gasteiger partial charge in [0.1, 0.15) is 5.75 Å². The standard InChI is InChI=1S/C23H28N2O4/c1-15(2)28-18-9-5-7-16(13-18)21(26)17-8-6-12-25(14-17)23(27)22-19-10-3-4-11-20(19)24-29-22/h5,7,9,13,15,17H,3-4,6,8,10-12,14H2,1-2H3/t17-/m1/s1. The van der Waals surface area contributed by atoms with E-state index in [1.165, 1.54) is 0 Å². The lowest BCUT2D eigenvalue weighted by Gasteiger charge is -2.31. The lowest BCUT2D eigenvalue weighted by atomic mass is 9.89. The van der Waals surface area contributed by atoms with Crippen molar-refractivity contribution in [1.82, 2.24) is 10.1 Å². The molecule has 1 atom stereocenters. The number of carbonyl (C=O) groups is 2. The van der Waals surface area contributed by atoms with Crippen LogP contribution in [-0.2, 0) is 12.8 Å². The van der Waals surface area contributed by atoms with E-state index in [9.17, 15) is 9.59 Å². The summed E-state index contributed by atoms with van der Waals surface area (Å²) in [5.74, 6) is 0.801. The molecule has 1 aliphatic carbocycles. The first-order valence-corrected chi connectivity index (χ1v) is 10.6. The Hall–Kier alpha value is -2.63. The third kappa shape index (κ3) is 4.21. The van der Waals surface area contributed by atoms with E-state index in [1.54, 1.807) is 11.0 Å². The maximum absolute atomic E-state index is 13.1. The number of benzene rings is 1. The molecule has 1 aliphatic heterocycles. The van der Waals surface area contributed by atoms with Gasteiger partial charge in [0.05, 0.1) is 11.8 Å². The average Bonchev–Trinajstić information content (AvgIpc) is 3.16. The fraction of sp³-hybridized carbons (Fsp3) is 0.522. The molecule has 2 heterocycles. The zero-order valence-electron chi connectivity index (χ0n) is 17.1. The number of likely N-dealkylation sites (tertiary alicyclic amines) is 1. The molecule has 6 nitrogen and oxygen atoms in total.